The van der Waals surface area contributed by atoms with E-state index in [1.165, 1.54) is 17.4 Å². The molecule has 86 valence electrons. The van der Waals surface area contributed by atoms with Crippen LogP contribution in [0, 0.1) is 5.82 Å². The summed E-state index contributed by atoms with van der Waals surface area (Å²) >= 11 is 1.41. The maximum Gasteiger partial charge on any atom is 0.133 e. The molecule has 0 aliphatic carbocycles. The van der Waals surface area contributed by atoms with Gasteiger partial charge in [-0.2, -0.15) is 0 Å². The van der Waals surface area contributed by atoms with Crippen LogP contribution in [-0.2, 0) is 0 Å². The summed E-state index contributed by atoms with van der Waals surface area (Å²) in [6, 6.07) is 6.51. The summed E-state index contributed by atoms with van der Waals surface area (Å²) in [4.78, 5) is 4.29. The second-order valence-corrected chi connectivity index (χ2v) is 4.20. The highest BCUT2D eigenvalue weighted by Gasteiger charge is 2.10. The van der Waals surface area contributed by atoms with Crippen LogP contribution in [0.5, 0.6) is 0 Å². The third-order valence-corrected chi connectivity index (χ3v) is 2.99. The second kappa shape index (κ2) is 5.39. The van der Waals surface area contributed by atoms with Crippen molar-refractivity contribution in [2.75, 3.05) is 0 Å². The van der Waals surface area contributed by atoms with Crippen LogP contribution in [0.15, 0.2) is 29.6 Å². The van der Waals surface area contributed by atoms with Crippen molar-refractivity contribution in [1.82, 2.24) is 4.98 Å². The molecule has 0 radical (unpaired) electrons. The van der Waals surface area contributed by atoms with Gasteiger partial charge in [-0.25, -0.2) is 9.37 Å². The van der Waals surface area contributed by atoms with E-state index in [1.807, 2.05) is 12.3 Å². The largest absolute Gasteiger partial charge is 0.323 e. The quantitative estimate of drug-likeness (QED) is 0.897. The molecule has 2 N–H and O–H groups in total. The number of nitrogens with zero attached hydrogens (tertiary/aromatic N) is 1. The van der Waals surface area contributed by atoms with Crippen LogP contribution in [0.1, 0.15) is 18.7 Å². The summed E-state index contributed by atoms with van der Waals surface area (Å²) in [5.41, 5.74) is 7.03. The number of hydrogen-bond donors (Lipinski definition) is 1. The Morgan fingerprint density at radius 1 is 1.38 bits per heavy atom. The van der Waals surface area contributed by atoms with Gasteiger partial charge in [-0.1, -0.05) is 12.1 Å². The smallest absolute Gasteiger partial charge is 0.133 e. The van der Waals surface area contributed by atoms with E-state index in [9.17, 15) is 4.39 Å². The zero-order valence-corrected chi connectivity index (χ0v) is 10.3. The summed E-state index contributed by atoms with van der Waals surface area (Å²) < 4.78 is 13.4. The Bertz CT molecular complexity index is 471. The van der Waals surface area contributed by atoms with Gasteiger partial charge < -0.3 is 5.73 Å². The highest BCUT2D eigenvalue weighted by atomic mass is 35.5. The van der Waals surface area contributed by atoms with Crippen LogP contribution < -0.4 is 5.73 Å². The Labute approximate surface area is 104 Å². The third-order valence-electron chi connectivity index (χ3n) is 2.09. The van der Waals surface area contributed by atoms with E-state index in [1.54, 1.807) is 18.2 Å². The summed E-state index contributed by atoms with van der Waals surface area (Å²) in [5, 5.41) is 2.55. The van der Waals surface area contributed by atoms with E-state index in [-0.39, 0.29) is 24.3 Å². The molecule has 1 aromatic heterocycles. The van der Waals surface area contributed by atoms with Gasteiger partial charge in [0.2, 0.25) is 0 Å². The van der Waals surface area contributed by atoms with Crippen molar-refractivity contribution in [3.63, 3.8) is 0 Å². The first kappa shape index (κ1) is 13.1. The highest BCUT2D eigenvalue weighted by Crippen LogP contribution is 2.27. The Morgan fingerprint density at radius 3 is 2.62 bits per heavy atom. The third kappa shape index (κ3) is 2.58. The molecule has 0 aliphatic heterocycles. The molecule has 1 unspecified atom stereocenters. The number of aromatic nitrogens is 1. The zero-order valence-electron chi connectivity index (χ0n) is 8.68. The summed E-state index contributed by atoms with van der Waals surface area (Å²) in [6.07, 6.45) is 0. The first-order valence-electron chi connectivity index (χ1n) is 4.64. The predicted octanol–water partition coefficient (Wildman–Crippen LogP) is 3.39. The zero-order chi connectivity index (χ0) is 10.8. The number of benzene rings is 1. The van der Waals surface area contributed by atoms with Gasteiger partial charge in [0, 0.05) is 17.0 Å². The van der Waals surface area contributed by atoms with Crippen molar-refractivity contribution in [3.05, 3.63) is 41.2 Å². The van der Waals surface area contributed by atoms with E-state index in [0.29, 0.717) is 10.6 Å². The normalized spacial score (nSPS) is 11.9. The van der Waals surface area contributed by atoms with Gasteiger partial charge in [0.25, 0.3) is 0 Å². The van der Waals surface area contributed by atoms with Crippen LogP contribution in [0.2, 0.25) is 0 Å². The average Bonchev–Trinajstić information content (AvgIpc) is 2.67. The number of nitrogens with two attached hydrogens (primary N) is 1. The standard InChI is InChI=1S/C11H11FN2S.ClH/c1-7(13)10-6-15-11(14-10)8-4-2-3-5-9(8)12;/h2-7H,13H2,1H3;1H. The lowest BCUT2D eigenvalue weighted by molar-refractivity contribution is 0.631. The first-order chi connectivity index (χ1) is 7.18. The van der Waals surface area contributed by atoms with E-state index in [0.717, 1.165) is 5.69 Å². The van der Waals surface area contributed by atoms with Crippen molar-refractivity contribution in [2.45, 2.75) is 13.0 Å². The molecule has 0 saturated carbocycles. The van der Waals surface area contributed by atoms with Gasteiger partial charge in [-0.3, -0.25) is 0 Å². The summed E-state index contributed by atoms with van der Waals surface area (Å²) in [7, 11) is 0. The van der Waals surface area contributed by atoms with Crippen molar-refractivity contribution in [1.29, 1.82) is 0 Å². The lowest BCUT2D eigenvalue weighted by Gasteiger charge is -1.99. The van der Waals surface area contributed by atoms with Crippen molar-refractivity contribution in [3.8, 4) is 10.6 Å². The minimum absolute atomic E-state index is 0. The molecule has 0 saturated heterocycles. The van der Waals surface area contributed by atoms with Gasteiger partial charge >= 0.3 is 0 Å². The number of rotatable bonds is 2. The summed E-state index contributed by atoms with van der Waals surface area (Å²) in [5.74, 6) is -0.247. The van der Waals surface area contributed by atoms with Gasteiger partial charge in [0.1, 0.15) is 10.8 Å². The molecular weight excluding hydrogens is 247 g/mol. The molecule has 2 aromatic rings. The average molecular weight is 259 g/mol. The van der Waals surface area contributed by atoms with Gasteiger partial charge in [0.05, 0.1) is 5.69 Å². The molecule has 0 spiro atoms. The molecule has 0 aliphatic rings. The maximum atomic E-state index is 13.4. The Kier molecular flexibility index (Phi) is 4.41. The molecule has 1 atom stereocenters. The van der Waals surface area contributed by atoms with Crippen molar-refractivity contribution in [2.24, 2.45) is 5.73 Å². The fourth-order valence-electron chi connectivity index (χ4n) is 1.25. The van der Waals surface area contributed by atoms with Crippen LogP contribution in [0.3, 0.4) is 0 Å². The fraction of sp³-hybridized carbons (Fsp3) is 0.182. The van der Waals surface area contributed by atoms with Crippen molar-refractivity contribution >= 4 is 23.7 Å². The molecule has 0 bridgehead atoms. The van der Waals surface area contributed by atoms with E-state index < -0.39 is 0 Å². The molecular formula is C11H12ClFN2S. The number of thiazole rings is 1. The predicted molar refractivity (Wildman–Crippen MR) is 67.4 cm³/mol. The first-order valence-corrected chi connectivity index (χ1v) is 5.52. The molecule has 1 aromatic carbocycles. The van der Waals surface area contributed by atoms with E-state index in [2.05, 4.69) is 4.98 Å². The molecule has 16 heavy (non-hydrogen) atoms. The summed E-state index contributed by atoms with van der Waals surface area (Å²) in [6.45, 7) is 1.86. The molecule has 5 heteroatoms. The highest BCUT2D eigenvalue weighted by molar-refractivity contribution is 7.13. The molecule has 1 heterocycles. The van der Waals surface area contributed by atoms with Gasteiger partial charge in [0.15, 0.2) is 0 Å². The van der Waals surface area contributed by atoms with Gasteiger partial charge in [-0.05, 0) is 19.1 Å². The second-order valence-electron chi connectivity index (χ2n) is 3.35. The minimum Gasteiger partial charge on any atom is -0.323 e. The van der Waals surface area contributed by atoms with Crippen LogP contribution >= 0.6 is 23.7 Å². The monoisotopic (exact) mass is 258 g/mol. The molecule has 2 rings (SSSR count). The molecule has 0 amide bonds. The lowest BCUT2D eigenvalue weighted by atomic mass is 10.2. The Hall–Kier alpha value is -0.970. The number of halogens is 2. The lowest BCUT2D eigenvalue weighted by Crippen LogP contribution is -2.04. The van der Waals surface area contributed by atoms with Crippen LogP contribution in [0.25, 0.3) is 10.6 Å². The Balaban J connectivity index is 0.00000128. The number of hydrogen-bond acceptors (Lipinski definition) is 3. The Morgan fingerprint density at radius 2 is 2.06 bits per heavy atom. The fourth-order valence-corrected chi connectivity index (χ4v) is 2.20. The molecule has 2 nitrogen and oxygen atoms in total. The van der Waals surface area contributed by atoms with Crippen LogP contribution in [0.4, 0.5) is 4.39 Å². The SMILES string of the molecule is CC(N)c1csc(-c2ccccc2F)n1.Cl. The van der Waals surface area contributed by atoms with E-state index in [4.69, 9.17) is 5.73 Å². The minimum atomic E-state index is -0.247. The van der Waals surface area contributed by atoms with E-state index >= 15 is 0 Å². The van der Waals surface area contributed by atoms with Crippen LogP contribution in [-0.4, -0.2) is 4.98 Å². The topological polar surface area (TPSA) is 38.9 Å². The maximum absolute atomic E-state index is 13.4. The van der Waals surface area contributed by atoms with Gasteiger partial charge in [-0.15, -0.1) is 23.7 Å². The van der Waals surface area contributed by atoms with Crippen molar-refractivity contribution < 1.29 is 4.39 Å². The molecule has 0 fully saturated rings.